The Morgan fingerprint density at radius 3 is 2.68 bits per heavy atom. The highest BCUT2D eigenvalue weighted by molar-refractivity contribution is 5.76. The molecule has 0 bridgehead atoms. The predicted octanol–water partition coefficient (Wildman–Crippen LogP) is 2.59. The van der Waals surface area contributed by atoms with Crippen LogP contribution in [-0.2, 0) is 11.3 Å². The summed E-state index contributed by atoms with van der Waals surface area (Å²) < 4.78 is 0. The van der Waals surface area contributed by atoms with Crippen molar-refractivity contribution in [2.45, 2.75) is 45.2 Å². The van der Waals surface area contributed by atoms with Gasteiger partial charge in [0.05, 0.1) is 0 Å². The zero-order valence-corrected chi connectivity index (χ0v) is 13.4. The highest BCUT2D eigenvalue weighted by Crippen LogP contribution is 2.34. The molecule has 1 heterocycles. The molecule has 1 aliphatic heterocycles. The number of rotatable bonds is 6. The first-order chi connectivity index (χ1) is 10.6. The topological polar surface area (TPSA) is 58.4 Å². The fraction of sp³-hybridized carbons (Fsp3) is 0.611. The summed E-state index contributed by atoms with van der Waals surface area (Å²) in [6, 6.07) is 9.31. The van der Waals surface area contributed by atoms with Crippen LogP contribution in [0.2, 0.25) is 0 Å². The first kappa shape index (κ1) is 15.3. The Labute approximate surface area is 133 Å². The van der Waals surface area contributed by atoms with Gasteiger partial charge in [-0.15, -0.1) is 0 Å². The Hall–Kier alpha value is -1.55. The number of hydrogen-bond donors (Lipinski definition) is 2. The van der Waals surface area contributed by atoms with Crippen LogP contribution in [0.25, 0.3) is 0 Å². The van der Waals surface area contributed by atoms with Gasteiger partial charge in [0.2, 0.25) is 5.91 Å². The van der Waals surface area contributed by atoms with Crippen molar-refractivity contribution in [2.24, 2.45) is 17.6 Å². The van der Waals surface area contributed by atoms with E-state index in [1.165, 1.54) is 24.1 Å². The van der Waals surface area contributed by atoms with Gasteiger partial charge in [-0.1, -0.05) is 12.1 Å². The molecule has 4 nitrogen and oxygen atoms in total. The Bertz CT molecular complexity index is 519. The first-order valence-electron chi connectivity index (χ1n) is 8.49. The summed E-state index contributed by atoms with van der Waals surface area (Å²) in [7, 11) is 0. The van der Waals surface area contributed by atoms with E-state index in [0.717, 1.165) is 38.4 Å². The number of nitrogens with one attached hydrogen (secondary N) is 1. The van der Waals surface area contributed by atoms with Gasteiger partial charge in [0, 0.05) is 24.2 Å². The van der Waals surface area contributed by atoms with E-state index in [1.54, 1.807) is 0 Å². The number of benzene rings is 1. The molecule has 0 spiro atoms. The third-order valence-corrected chi connectivity index (χ3v) is 5.05. The van der Waals surface area contributed by atoms with Gasteiger partial charge in [-0.2, -0.15) is 0 Å². The molecular weight excluding hydrogens is 274 g/mol. The number of carbonyl (C=O) groups is 1. The predicted molar refractivity (Wildman–Crippen MR) is 89.4 cm³/mol. The van der Waals surface area contributed by atoms with E-state index in [4.69, 9.17) is 5.73 Å². The Morgan fingerprint density at radius 2 is 2.05 bits per heavy atom. The molecule has 120 valence electrons. The molecule has 1 aliphatic carbocycles. The number of nitrogens with two attached hydrogens (primary N) is 1. The van der Waals surface area contributed by atoms with Crippen molar-refractivity contribution in [2.75, 3.05) is 18.4 Å². The summed E-state index contributed by atoms with van der Waals surface area (Å²) in [5, 5.41) is 3.62. The second-order valence-corrected chi connectivity index (χ2v) is 6.92. The van der Waals surface area contributed by atoms with Crippen LogP contribution in [0.4, 0.5) is 5.69 Å². The number of amides is 1. The molecule has 1 aromatic rings. The molecule has 1 saturated carbocycles. The van der Waals surface area contributed by atoms with E-state index < -0.39 is 0 Å². The number of anilines is 1. The minimum Gasteiger partial charge on any atom is -0.382 e. The number of nitrogens with zero attached hydrogens (tertiary/aromatic N) is 1. The number of piperidine rings is 1. The second kappa shape index (κ2) is 6.69. The van der Waals surface area contributed by atoms with Crippen LogP contribution < -0.4 is 11.1 Å². The Balaban J connectivity index is 1.53. The quantitative estimate of drug-likeness (QED) is 0.849. The van der Waals surface area contributed by atoms with Crippen molar-refractivity contribution >= 4 is 11.6 Å². The van der Waals surface area contributed by atoms with Crippen LogP contribution in [0.3, 0.4) is 0 Å². The Morgan fingerprint density at radius 1 is 1.32 bits per heavy atom. The number of likely N-dealkylation sites (tertiary alicyclic amines) is 1. The van der Waals surface area contributed by atoms with E-state index in [1.807, 2.05) is 0 Å². The molecule has 3 N–H and O–H groups in total. The SMILES string of the molecule is C[C@H](Nc1cccc(CN2CCC(C(N)=O)CC2)c1)C1CC1. The first-order valence-corrected chi connectivity index (χ1v) is 8.49. The standard InChI is InChI=1S/C18H27N3O/c1-13(15-5-6-15)20-17-4-2-3-14(11-17)12-21-9-7-16(8-10-21)18(19)22/h2-4,11,13,15-16,20H,5-10,12H2,1H3,(H2,19,22)/t13-/m0/s1. The molecule has 4 heteroatoms. The van der Waals surface area contributed by atoms with Crippen molar-refractivity contribution < 1.29 is 4.79 Å². The lowest BCUT2D eigenvalue weighted by Gasteiger charge is -2.30. The van der Waals surface area contributed by atoms with Gasteiger partial charge >= 0.3 is 0 Å². The van der Waals surface area contributed by atoms with Crippen LogP contribution in [0.1, 0.15) is 38.2 Å². The van der Waals surface area contributed by atoms with Crippen LogP contribution in [-0.4, -0.2) is 29.9 Å². The minimum absolute atomic E-state index is 0.0728. The maximum atomic E-state index is 11.2. The number of carbonyl (C=O) groups excluding carboxylic acids is 1. The van der Waals surface area contributed by atoms with Crippen LogP contribution >= 0.6 is 0 Å². The minimum atomic E-state index is -0.139. The van der Waals surface area contributed by atoms with E-state index in [2.05, 4.69) is 41.4 Å². The van der Waals surface area contributed by atoms with Crippen molar-refractivity contribution in [3.63, 3.8) is 0 Å². The van der Waals surface area contributed by atoms with Crippen molar-refractivity contribution in [3.05, 3.63) is 29.8 Å². The van der Waals surface area contributed by atoms with Gasteiger partial charge in [-0.25, -0.2) is 0 Å². The third-order valence-electron chi connectivity index (χ3n) is 5.05. The zero-order valence-electron chi connectivity index (χ0n) is 13.4. The molecular formula is C18H27N3O. The van der Waals surface area contributed by atoms with Gasteiger partial charge in [0.15, 0.2) is 0 Å². The van der Waals surface area contributed by atoms with Crippen LogP contribution in [0.5, 0.6) is 0 Å². The van der Waals surface area contributed by atoms with E-state index in [0.29, 0.717) is 6.04 Å². The molecule has 1 atom stereocenters. The number of primary amides is 1. The maximum absolute atomic E-state index is 11.2. The van der Waals surface area contributed by atoms with Crippen molar-refractivity contribution in [1.82, 2.24) is 4.90 Å². The summed E-state index contributed by atoms with van der Waals surface area (Å²) in [5.74, 6) is 0.792. The fourth-order valence-corrected chi connectivity index (χ4v) is 3.37. The van der Waals surface area contributed by atoms with E-state index in [-0.39, 0.29) is 11.8 Å². The molecule has 0 aromatic heterocycles. The molecule has 3 rings (SSSR count). The zero-order chi connectivity index (χ0) is 15.5. The normalized spacial score (nSPS) is 21.5. The average molecular weight is 301 g/mol. The summed E-state index contributed by atoms with van der Waals surface area (Å²) in [4.78, 5) is 13.6. The molecule has 1 saturated heterocycles. The smallest absolute Gasteiger partial charge is 0.220 e. The average Bonchev–Trinajstić information content (AvgIpc) is 3.33. The van der Waals surface area contributed by atoms with Crippen molar-refractivity contribution in [3.8, 4) is 0 Å². The molecule has 2 fully saturated rings. The molecule has 1 aromatic carbocycles. The highest BCUT2D eigenvalue weighted by atomic mass is 16.1. The second-order valence-electron chi connectivity index (χ2n) is 6.92. The summed E-state index contributed by atoms with van der Waals surface area (Å²) in [6.07, 6.45) is 4.52. The molecule has 2 aliphatic rings. The van der Waals surface area contributed by atoms with Gasteiger partial charge in [0.25, 0.3) is 0 Å². The Kier molecular flexibility index (Phi) is 4.67. The van der Waals surface area contributed by atoms with E-state index in [9.17, 15) is 4.79 Å². The lowest BCUT2D eigenvalue weighted by molar-refractivity contribution is -0.123. The molecule has 22 heavy (non-hydrogen) atoms. The van der Waals surface area contributed by atoms with E-state index >= 15 is 0 Å². The molecule has 0 unspecified atom stereocenters. The summed E-state index contributed by atoms with van der Waals surface area (Å²) >= 11 is 0. The molecule has 0 radical (unpaired) electrons. The third kappa shape index (κ3) is 4.01. The maximum Gasteiger partial charge on any atom is 0.220 e. The lowest BCUT2D eigenvalue weighted by atomic mass is 9.96. The monoisotopic (exact) mass is 301 g/mol. The number of hydrogen-bond acceptors (Lipinski definition) is 3. The van der Waals surface area contributed by atoms with Gasteiger partial charge in [0.1, 0.15) is 0 Å². The van der Waals surface area contributed by atoms with Crippen LogP contribution in [0, 0.1) is 11.8 Å². The summed E-state index contributed by atoms with van der Waals surface area (Å²) in [5.41, 5.74) is 7.96. The van der Waals surface area contributed by atoms with Crippen LogP contribution in [0.15, 0.2) is 24.3 Å². The van der Waals surface area contributed by atoms with Crippen molar-refractivity contribution in [1.29, 1.82) is 0 Å². The summed E-state index contributed by atoms with van der Waals surface area (Å²) in [6.45, 7) is 5.16. The van der Waals surface area contributed by atoms with Gasteiger partial charge in [-0.05, 0) is 69.3 Å². The van der Waals surface area contributed by atoms with Gasteiger partial charge in [-0.3, -0.25) is 9.69 Å². The highest BCUT2D eigenvalue weighted by Gasteiger charge is 2.27. The lowest BCUT2D eigenvalue weighted by Crippen LogP contribution is -2.38. The largest absolute Gasteiger partial charge is 0.382 e. The molecule has 1 amide bonds. The van der Waals surface area contributed by atoms with Gasteiger partial charge < -0.3 is 11.1 Å². The fourth-order valence-electron chi connectivity index (χ4n) is 3.37.